The van der Waals surface area contributed by atoms with E-state index >= 15 is 0 Å². The monoisotopic (exact) mass is 189 g/mol. The molecule has 0 heterocycles. The van der Waals surface area contributed by atoms with Crippen LogP contribution in [0.2, 0.25) is 0 Å². The van der Waals surface area contributed by atoms with Gasteiger partial charge in [-0.3, -0.25) is 4.79 Å². The van der Waals surface area contributed by atoms with E-state index in [0.29, 0.717) is 0 Å². The number of hydrogen-bond donors (Lipinski definition) is 0. The minimum Gasteiger partial charge on any atom is -0.294 e. The lowest BCUT2D eigenvalue weighted by atomic mass is 9.84. The Morgan fingerprint density at radius 3 is 2.29 bits per heavy atom. The summed E-state index contributed by atoms with van der Waals surface area (Å²) in [7, 11) is 0. The minimum atomic E-state index is -0.306. The molecule has 1 radical (unpaired) electrons. The van der Waals surface area contributed by atoms with Crippen LogP contribution < -0.4 is 0 Å². The third-order valence-electron chi connectivity index (χ3n) is 2.20. The van der Waals surface area contributed by atoms with E-state index in [9.17, 15) is 4.79 Å². The molecule has 1 heteroatoms. The van der Waals surface area contributed by atoms with Gasteiger partial charge in [0.05, 0.1) is 0 Å². The Morgan fingerprint density at radius 2 is 1.79 bits per heavy atom. The van der Waals surface area contributed by atoms with Gasteiger partial charge in [-0.1, -0.05) is 52.0 Å². The van der Waals surface area contributed by atoms with Crippen molar-refractivity contribution in [2.24, 2.45) is 5.41 Å². The van der Waals surface area contributed by atoms with Crippen molar-refractivity contribution >= 4 is 5.78 Å². The van der Waals surface area contributed by atoms with E-state index < -0.39 is 0 Å². The molecule has 14 heavy (non-hydrogen) atoms. The molecule has 1 aromatic rings. The average Bonchev–Trinajstić information content (AvgIpc) is 2.15. The SMILES string of the molecule is C[CH]c1ccccc1C(=O)C(C)(C)C. The highest BCUT2D eigenvalue weighted by Crippen LogP contribution is 2.23. The molecule has 0 amide bonds. The maximum absolute atomic E-state index is 12.0. The van der Waals surface area contributed by atoms with Gasteiger partial charge in [-0.05, 0) is 12.0 Å². The van der Waals surface area contributed by atoms with E-state index in [1.807, 2.05) is 58.4 Å². The summed E-state index contributed by atoms with van der Waals surface area (Å²) in [5.41, 5.74) is 1.54. The standard InChI is InChI=1S/C13H17O/c1-5-10-8-6-7-9-11(10)12(14)13(2,3)4/h5-9H,1-4H3. The number of ketones is 1. The lowest BCUT2D eigenvalue weighted by molar-refractivity contribution is 0.0858. The van der Waals surface area contributed by atoms with Gasteiger partial charge in [0.2, 0.25) is 0 Å². The first-order valence-electron chi connectivity index (χ1n) is 4.90. The molecule has 75 valence electrons. The van der Waals surface area contributed by atoms with Crippen LogP contribution in [0.4, 0.5) is 0 Å². The van der Waals surface area contributed by atoms with Crippen molar-refractivity contribution in [2.45, 2.75) is 27.7 Å². The third kappa shape index (κ3) is 2.22. The van der Waals surface area contributed by atoms with Crippen LogP contribution in [-0.2, 0) is 0 Å². The molecule has 0 spiro atoms. The molecule has 0 aliphatic rings. The zero-order valence-electron chi connectivity index (χ0n) is 9.29. The molecule has 0 atom stereocenters. The van der Waals surface area contributed by atoms with Gasteiger partial charge in [-0.2, -0.15) is 0 Å². The Morgan fingerprint density at radius 1 is 1.21 bits per heavy atom. The number of carbonyl (C=O) groups excluding carboxylic acids is 1. The van der Waals surface area contributed by atoms with Crippen molar-refractivity contribution in [1.82, 2.24) is 0 Å². The maximum Gasteiger partial charge on any atom is 0.168 e. The fraction of sp³-hybridized carbons (Fsp3) is 0.385. The number of hydrogen-bond acceptors (Lipinski definition) is 1. The Bertz CT molecular complexity index is 331. The van der Waals surface area contributed by atoms with Gasteiger partial charge in [-0.15, -0.1) is 0 Å². The lowest BCUT2D eigenvalue weighted by Gasteiger charge is -2.18. The number of carbonyl (C=O) groups is 1. The summed E-state index contributed by atoms with van der Waals surface area (Å²) in [5.74, 6) is 0.200. The maximum atomic E-state index is 12.0. The molecule has 0 aromatic heterocycles. The summed E-state index contributed by atoms with van der Waals surface area (Å²) in [6, 6.07) is 7.72. The van der Waals surface area contributed by atoms with Crippen LogP contribution in [0.1, 0.15) is 43.6 Å². The highest BCUT2D eigenvalue weighted by molar-refractivity contribution is 6.01. The second-order valence-electron chi connectivity index (χ2n) is 4.46. The molecule has 0 aliphatic carbocycles. The van der Waals surface area contributed by atoms with Crippen LogP contribution >= 0.6 is 0 Å². The van der Waals surface area contributed by atoms with Gasteiger partial charge in [-0.25, -0.2) is 0 Å². The Balaban J connectivity index is 3.13. The third-order valence-corrected chi connectivity index (χ3v) is 2.20. The summed E-state index contributed by atoms with van der Waals surface area (Å²) in [5, 5.41) is 0. The van der Waals surface area contributed by atoms with Crippen LogP contribution in [0.5, 0.6) is 0 Å². The fourth-order valence-corrected chi connectivity index (χ4v) is 1.36. The Kier molecular flexibility index (Phi) is 3.10. The molecule has 0 bridgehead atoms. The van der Waals surface area contributed by atoms with Gasteiger partial charge in [0.15, 0.2) is 5.78 Å². The van der Waals surface area contributed by atoms with Crippen LogP contribution in [-0.4, -0.2) is 5.78 Å². The van der Waals surface area contributed by atoms with Crippen LogP contribution in [0.3, 0.4) is 0 Å². The summed E-state index contributed by atoms with van der Waals surface area (Å²) in [6.45, 7) is 7.79. The average molecular weight is 189 g/mol. The quantitative estimate of drug-likeness (QED) is 0.651. The first kappa shape index (κ1) is 11.0. The highest BCUT2D eigenvalue weighted by atomic mass is 16.1. The largest absolute Gasteiger partial charge is 0.294 e. The van der Waals surface area contributed by atoms with E-state index in [4.69, 9.17) is 0 Å². The van der Waals surface area contributed by atoms with E-state index in [0.717, 1.165) is 11.1 Å². The predicted octanol–water partition coefficient (Wildman–Crippen LogP) is 3.49. The van der Waals surface area contributed by atoms with Gasteiger partial charge < -0.3 is 0 Å². The van der Waals surface area contributed by atoms with E-state index in [2.05, 4.69) is 0 Å². The van der Waals surface area contributed by atoms with E-state index in [-0.39, 0.29) is 11.2 Å². The van der Waals surface area contributed by atoms with Crippen LogP contribution in [0.25, 0.3) is 0 Å². The van der Waals surface area contributed by atoms with E-state index in [1.165, 1.54) is 0 Å². The number of Topliss-reactive ketones (excluding diaryl/α,β-unsaturated/α-hetero) is 1. The minimum absolute atomic E-state index is 0.200. The van der Waals surface area contributed by atoms with Crippen LogP contribution in [0.15, 0.2) is 24.3 Å². The van der Waals surface area contributed by atoms with Crippen LogP contribution in [0, 0.1) is 11.8 Å². The molecule has 1 rings (SSSR count). The molecule has 0 saturated carbocycles. The van der Waals surface area contributed by atoms with E-state index in [1.54, 1.807) is 0 Å². The van der Waals surface area contributed by atoms with Crippen molar-refractivity contribution in [3.05, 3.63) is 41.8 Å². The topological polar surface area (TPSA) is 17.1 Å². The molecule has 0 N–H and O–H groups in total. The Hall–Kier alpha value is -1.11. The van der Waals surface area contributed by atoms with Crippen molar-refractivity contribution in [1.29, 1.82) is 0 Å². The normalized spacial score (nSPS) is 11.4. The smallest absolute Gasteiger partial charge is 0.168 e. The molecular formula is C13H17O. The predicted molar refractivity (Wildman–Crippen MR) is 59.3 cm³/mol. The molecule has 1 nitrogen and oxygen atoms in total. The van der Waals surface area contributed by atoms with Crippen molar-refractivity contribution in [3.8, 4) is 0 Å². The summed E-state index contributed by atoms with van der Waals surface area (Å²) < 4.78 is 0. The highest BCUT2D eigenvalue weighted by Gasteiger charge is 2.24. The van der Waals surface area contributed by atoms with Crippen molar-refractivity contribution < 1.29 is 4.79 Å². The first-order chi connectivity index (χ1) is 6.46. The molecule has 0 unspecified atom stereocenters. The van der Waals surface area contributed by atoms with Gasteiger partial charge in [0, 0.05) is 11.0 Å². The Labute approximate surface area is 86.1 Å². The molecular weight excluding hydrogens is 172 g/mol. The van der Waals surface area contributed by atoms with Crippen molar-refractivity contribution in [2.75, 3.05) is 0 Å². The first-order valence-corrected chi connectivity index (χ1v) is 4.90. The second kappa shape index (κ2) is 3.95. The summed E-state index contributed by atoms with van der Waals surface area (Å²) in [4.78, 5) is 12.0. The van der Waals surface area contributed by atoms with Crippen molar-refractivity contribution in [3.63, 3.8) is 0 Å². The molecule has 0 aliphatic heterocycles. The number of rotatable bonds is 2. The summed E-state index contributed by atoms with van der Waals surface area (Å²) in [6.07, 6.45) is 1.97. The summed E-state index contributed by atoms with van der Waals surface area (Å²) >= 11 is 0. The molecule has 0 saturated heterocycles. The fourth-order valence-electron chi connectivity index (χ4n) is 1.36. The van der Waals surface area contributed by atoms with Gasteiger partial charge in [0.1, 0.15) is 0 Å². The van der Waals surface area contributed by atoms with Gasteiger partial charge in [0.25, 0.3) is 0 Å². The molecule has 1 aromatic carbocycles. The molecule has 0 fully saturated rings. The number of benzene rings is 1. The zero-order chi connectivity index (χ0) is 10.8. The zero-order valence-corrected chi connectivity index (χ0v) is 9.29. The van der Waals surface area contributed by atoms with Gasteiger partial charge >= 0.3 is 0 Å². The second-order valence-corrected chi connectivity index (χ2v) is 4.46. The lowest BCUT2D eigenvalue weighted by Crippen LogP contribution is -2.21.